The molecule has 2 N–H and O–H groups in total. The van der Waals surface area contributed by atoms with Gasteiger partial charge in [-0.2, -0.15) is 0 Å². The summed E-state index contributed by atoms with van der Waals surface area (Å²) in [5.41, 5.74) is 0.587. The van der Waals surface area contributed by atoms with Crippen LogP contribution in [0.4, 0.5) is 0 Å². The first-order chi connectivity index (χ1) is 7.15. The van der Waals surface area contributed by atoms with E-state index in [1.807, 2.05) is 7.05 Å². The van der Waals surface area contributed by atoms with E-state index in [2.05, 4.69) is 10.6 Å². The molecular formula is C10H16ClN3O. The summed E-state index contributed by atoms with van der Waals surface area (Å²) in [6.07, 6.45) is 2.63. The molecule has 1 aromatic heterocycles. The van der Waals surface area contributed by atoms with Crippen LogP contribution in [0.15, 0.2) is 12.3 Å². The number of nitrogens with one attached hydrogen (secondary N) is 2. The molecule has 0 bridgehead atoms. The number of rotatable bonds is 5. The van der Waals surface area contributed by atoms with Crippen LogP contribution >= 0.6 is 11.6 Å². The van der Waals surface area contributed by atoms with Gasteiger partial charge in [0.1, 0.15) is 5.69 Å². The lowest BCUT2D eigenvalue weighted by Crippen LogP contribution is -2.27. The first-order valence-electron chi connectivity index (χ1n) is 4.90. The van der Waals surface area contributed by atoms with Gasteiger partial charge in [0.25, 0.3) is 5.91 Å². The standard InChI is InChI=1S/C10H16ClN3O/c1-12-4-3-5-13-10(15)9-6-8(11)7-14(9)2/h6-7,12H,3-5H2,1-2H3,(H,13,15). The normalized spacial score (nSPS) is 10.3. The summed E-state index contributed by atoms with van der Waals surface area (Å²) in [7, 11) is 3.69. The number of hydrogen-bond donors (Lipinski definition) is 2. The summed E-state index contributed by atoms with van der Waals surface area (Å²) in [6, 6.07) is 1.66. The minimum atomic E-state index is -0.0829. The van der Waals surface area contributed by atoms with Crippen molar-refractivity contribution in [2.45, 2.75) is 6.42 Å². The number of aromatic nitrogens is 1. The molecule has 1 aromatic rings. The van der Waals surface area contributed by atoms with E-state index in [0.717, 1.165) is 13.0 Å². The second-order valence-electron chi connectivity index (χ2n) is 3.37. The highest BCUT2D eigenvalue weighted by Gasteiger charge is 2.09. The van der Waals surface area contributed by atoms with Crippen molar-refractivity contribution in [2.24, 2.45) is 7.05 Å². The molecule has 0 saturated carbocycles. The zero-order chi connectivity index (χ0) is 11.3. The Balaban J connectivity index is 2.43. The molecule has 0 fully saturated rings. The van der Waals surface area contributed by atoms with Gasteiger partial charge in [0, 0.05) is 19.8 Å². The predicted molar refractivity (Wildman–Crippen MR) is 61.3 cm³/mol. The fourth-order valence-electron chi connectivity index (χ4n) is 1.31. The van der Waals surface area contributed by atoms with Gasteiger partial charge >= 0.3 is 0 Å². The van der Waals surface area contributed by atoms with Crippen LogP contribution in [0.25, 0.3) is 0 Å². The SMILES string of the molecule is CNCCCNC(=O)c1cc(Cl)cn1C. The quantitative estimate of drug-likeness (QED) is 0.741. The lowest BCUT2D eigenvalue weighted by molar-refractivity contribution is 0.0945. The van der Waals surface area contributed by atoms with Crippen molar-refractivity contribution in [3.8, 4) is 0 Å². The van der Waals surface area contributed by atoms with E-state index >= 15 is 0 Å². The molecule has 0 aliphatic carbocycles. The largest absolute Gasteiger partial charge is 0.351 e. The van der Waals surface area contributed by atoms with Crippen molar-refractivity contribution in [3.05, 3.63) is 23.0 Å². The molecule has 0 radical (unpaired) electrons. The molecule has 15 heavy (non-hydrogen) atoms. The van der Waals surface area contributed by atoms with E-state index < -0.39 is 0 Å². The van der Waals surface area contributed by atoms with Crippen molar-refractivity contribution >= 4 is 17.5 Å². The van der Waals surface area contributed by atoms with E-state index in [4.69, 9.17) is 11.6 Å². The summed E-state index contributed by atoms with van der Waals surface area (Å²) in [6.45, 7) is 1.57. The van der Waals surface area contributed by atoms with E-state index in [1.165, 1.54) is 0 Å². The Bertz CT molecular complexity index is 335. The van der Waals surface area contributed by atoms with Crippen LogP contribution < -0.4 is 10.6 Å². The summed E-state index contributed by atoms with van der Waals surface area (Å²) < 4.78 is 1.72. The monoisotopic (exact) mass is 229 g/mol. The Morgan fingerprint density at radius 1 is 1.53 bits per heavy atom. The van der Waals surface area contributed by atoms with E-state index in [1.54, 1.807) is 23.9 Å². The van der Waals surface area contributed by atoms with E-state index in [-0.39, 0.29) is 5.91 Å². The maximum absolute atomic E-state index is 11.6. The third-order valence-electron chi connectivity index (χ3n) is 2.09. The highest BCUT2D eigenvalue weighted by molar-refractivity contribution is 6.31. The van der Waals surface area contributed by atoms with Gasteiger partial charge in [-0.1, -0.05) is 11.6 Å². The zero-order valence-corrected chi connectivity index (χ0v) is 9.77. The summed E-state index contributed by atoms with van der Waals surface area (Å²) in [5, 5.41) is 6.43. The minimum Gasteiger partial charge on any atom is -0.351 e. The Morgan fingerprint density at radius 3 is 2.80 bits per heavy atom. The molecule has 84 valence electrons. The Kier molecular flexibility index (Phi) is 4.65. The predicted octanol–water partition coefficient (Wildman–Crippen LogP) is 1.02. The summed E-state index contributed by atoms with van der Waals surface area (Å²) in [5.74, 6) is -0.0829. The highest BCUT2D eigenvalue weighted by atomic mass is 35.5. The van der Waals surface area contributed by atoms with Gasteiger partial charge in [-0.25, -0.2) is 0 Å². The van der Waals surface area contributed by atoms with E-state index in [0.29, 0.717) is 17.3 Å². The van der Waals surface area contributed by atoms with Crippen LogP contribution in [0.5, 0.6) is 0 Å². The topological polar surface area (TPSA) is 46.1 Å². The molecule has 0 aliphatic heterocycles. The maximum Gasteiger partial charge on any atom is 0.267 e. The molecule has 0 saturated heterocycles. The van der Waals surface area contributed by atoms with Crippen molar-refractivity contribution in [1.82, 2.24) is 15.2 Å². The van der Waals surface area contributed by atoms with Gasteiger partial charge in [0.2, 0.25) is 0 Å². The third-order valence-corrected chi connectivity index (χ3v) is 2.30. The molecule has 0 aliphatic rings. The van der Waals surface area contributed by atoms with Gasteiger partial charge in [0.15, 0.2) is 0 Å². The number of amides is 1. The molecule has 4 nitrogen and oxygen atoms in total. The van der Waals surface area contributed by atoms with Crippen LogP contribution in [0.2, 0.25) is 5.02 Å². The van der Waals surface area contributed by atoms with Crippen LogP contribution in [0, 0.1) is 0 Å². The lowest BCUT2D eigenvalue weighted by Gasteiger charge is -2.05. The molecular weight excluding hydrogens is 214 g/mol. The average molecular weight is 230 g/mol. The Morgan fingerprint density at radius 2 is 2.27 bits per heavy atom. The number of halogens is 1. The van der Waals surface area contributed by atoms with Crippen molar-refractivity contribution in [1.29, 1.82) is 0 Å². The van der Waals surface area contributed by atoms with Gasteiger partial charge in [0.05, 0.1) is 5.02 Å². The molecule has 1 amide bonds. The van der Waals surface area contributed by atoms with Gasteiger partial charge in [-0.15, -0.1) is 0 Å². The van der Waals surface area contributed by atoms with Crippen LogP contribution in [0.1, 0.15) is 16.9 Å². The van der Waals surface area contributed by atoms with Crippen molar-refractivity contribution in [2.75, 3.05) is 20.1 Å². The maximum atomic E-state index is 11.6. The average Bonchev–Trinajstić information content (AvgIpc) is 2.52. The number of hydrogen-bond acceptors (Lipinski definition) is 2. The molecule has 1 heterocycles. The smallest absolute Gasteiger partial charge is 0.267 e. The number of aryl methyl sites for hydroxylation is 1. The van der Waals surface area contributed by atoms with E-state index in [9.17, 15) is 4.79 Å². The summed E-state index contributed by atoms with van der Waals surface area (Å²) >= 11 is 5.78. The van der Waals surface area contributed by atoms with Gasteiger partial charge in [-0.05, 0) is 26.1 Å². The van der Waals surface area contributed by atoms with Gasteiger partial charge in [-0.3, -0.25) is 4.79 Å². The molecule has 1 rings (SSSR count). The number of carbonyl (C=O) groups excluding carboxylic acids is 1. The second-order valence-corrected chi connectivity index (χ2v) is 3.80. The molecule has 0 unspecified atom stereocenters. The molecule has 0 aromatic carbocycles. The van der Waals surface area contributed by atoms with Crippen molar-refractivity contribution < 1.29 is 4.79 Å². The second kappa shape index (κ2) is 5.78. The number of nitrogens with zero attached hydrogens (tertiary/aromatic N) is 1. The number of carbonyl (C=O) groups is 1. The molecule has 0 atom stereocenters. The molecule has 0 spiro atoms. The van der Waals surface area contributed by atoms with Crippen LogP contribution in [-0.2, 0) is 7.05 Å². The Hall–Kier alpha value is -1.00. The van der Waals surface area contributed by atoms with Crippen LogP contribution in [0.3, 0.4) is 0 Å². The Labute approximate surface area is 94.6 Å². The third kappa shape index (κ3) is 3.57. The first kappa shape index (κ1) is 12.1. The fraction of sp³-hybridized carbons (Fsp3) is 0.500. The fourth-order valence-corrected chi connectivity index (χ4v) is 1.56. The molecule has 5 heteroatoms. The minimum absolute atomic E-state index is 0.0829. The lowest BCUT2D eigenvalue weighted by atomic mass is 10.3. The zero-order valence-electron chi connectivity index (χ0n) is 9.01. The van der Waals surface area contributed by atoms with Gasteiger partial charge < -0.3 is 15.2 Å². The van der Waals surface area contributed by atoms with Crippen LogP contribution in [-0.4, -0.2) is 30.6 Å². The highest BCUT2D eigenvalue weighted by Crippen LogP contribution is 2.12. The summed E-state index contributed by atoms with van der Waals surface area (Å²) in [4.78, 5) is 11.6. The first-order valence-corrected chi connectivity index (χ1v) is 5.27. The van der Waals surface area contributed by atoms with Crippen molar-refractivity contribution in [3.63, 3.8) is 0 Å².